The predicted molar refractivity (Wildman–Crippen MR) is 85.3 cm³/mol. The van der Waals surface area contributed by atoms with Gasteiger partial charge in [-0.15, -0.1) is 0 Å². The standard InChI is InChI=1S/C17H13BFNO3/c1-10-2-5-16-13(6-10)15(19)8-17(20-16)23-12-3-4-14-11(7-12)9-22-18(14)21/h2-8,21H,9H2,1H3. The molecule has 0 atom stereocenters. The van der Waals surface area contributed by atoms with Gasteiger partial charge in [-0.05, 0) is 42.2 Å². The van der Waals surface area contributed by atoms with Crippen molar-refractivity contribution in [2.24, 2.45) is 0 Å². The number of hydrogen-bond donors (Lipinski definition) is 1. The van der Waals surface area contributed by atoms with Crippen LogP contribution in [0.1, 0.15) is 11.1 Å². The Hall–Kier alpha value is -2.44. The van der Waals surface area contributed by atoms with Gasteiger partial charge in [0.2, 0.25) is 5.88 Å². The summed E-state index contributed by atoms with van der Waals surface area (Å²) in [6.45, 7) is 2.23. The van der Waals surface area contributed by atoms with E-state index in [4.69, 9.17) is 9.39 Å². The number of aromatic nitrogens is 1. The summed E-state index contributed by atoms with van der Waals surface area (Å²) < 4.78 is 25.0. The second kappa shape index (κ2) is 5.33. The van der Waals surface area contributed by atoms with Crippen molar-refractivity contribution in [3.63, 3.8) is 0 Å². The smallest absolute Gasteiger partial charge is 0.439 e. The summed E-state index contributed by atoms with van der Waals surface area (Å²) in [5.74, 6) is 0.353. The molecule has 0 amide bonds. The molecule has 0 saturated heterocycles. The third kappa shape index (κ3) is 2.56. The number of benzene rings is 2. The first-order valence-corrected chi connectivity index (χ1v) is 7.27. The maximum Gasteiger partial charge on any atom is 0.491 e. The Balaban J connectivity index is 1.69. The van der Waals surface area contributed by atoms with Gasteiger partial charge >= 0.3 is 7.12 Å². The fourth-order valence-electron chi connectivity index (χ4n) is 2.72. The summed E-state index contributed by atoms with van der Waals surface area (Å²) >= 11 is 0. The van der Waals surface area contributed by atoms with E-state index < -0.39 is 7.12 Å². The lowest BCUT2D eigenvalue weighted by Crippen LogP contribution is -2.27. The molecule has 0 radical (unpaired) electrons. The number of nitrogens with zero attached hydrogens (tertiary/aromatic N) is 1. The highest BCUT2D eigenvalue weighted by atomic mass is 19.1. The van der Waals surface area contributed by atoms with E-state index in [-0.39, 0.29) is 11.7 Å². The Morgan fingerprint density at radius 1 is 1.22 bits per heavy atom. The molecule has 1 aromatic heterocycles. The highest BCUT2D eigenvalue weighted by molar-refractivity contribution is 6.61. The molecule has 2 heterocycles. The average molecular weight is 309 g/mol. The molecular formula is C17H13BFNO3. The van der Waals surface area contributed by atoms with E-state index in [0.29, 0.717) is 23.3 Å². The molecule has 1 aliphatic rings. The van der Waals surface area contributed by atoms with Gasteiger partial charge in [0.25, 0.3) is 0 Å². The number of pyridine rings is 1. The molecule has 1 N–H and O–H groups in total. The molecule has 23 heavy (non-hydrogen) atoms. The number of halogens is 1. The summed E-state index contributed by atoms with van der Waals surface area (Å²) in [5.41, 5.74) is 3.10. The van der Waals surface area contributed by atoms with Crippen molar-refractivity contribution in [1.29, 1.82) is 0 Å². The first-order valence-electron chi connectivity index (χ1n) is 7.27. The molecule has 4 rings (SSSR count). The van der Waals surface area contributed by atoms with Crippen molar-refractivity contribution in [1.82, 2.24) is 4.98 Å². The Morgan fingerprint density at radius 3 is 2.96 bits per heavy atom. The van der Waals surface area contributed by atoms with Crippen LogP contribution in [0.5, 0.6) is 11.6 Å². The zero-order chi connectivity index (χ0) is 16.0. The number of fused-ring (bicyclic) bond motifs is 2. The first kappa shape index (κ1) is 14.2. The lowest BCUT2D eigenvalue weighted by Gasteiger charge is -2.08. The molecule has 4 nitrogen and oxygen atoms in total. The molecule has 3 aromatic rings. The van der Waals surface area contributed by atoms with Crippen molar-refractivity contribution in [2.45, 2.75) is 13.5 Å². The van der Waals surface area contributed by atoms with Crippen molar-refractivity contribution in [2.75, 3.05) is 0 Å². The Kier molecular flexibility index (Phi) is 3.29. The summed E-state index contributed by atoms with van der Waals surface area (Å²) in [4.78, 5) is 4.34. The molecule has 1 aliphatic heterocycles. The van der Waals surface area contributed by atoms with Crippen molar-refractivity contribution in [3.05, 3.63) is 59.4 Å². The number of rotatable bonds is 2. The molecule has 0 unspecified atom stereocenters. The van der Waals surface area contributed by atoms with E-state index in [1.807, 2.05) is 13.0 Å². The van der Waals surface area contributed by atoms with E-state index in [1.54, 1.807) is 30.3 Å². The number of hydrogen-bond acceptors (Lipinski definition) is 4. The first-order chi connectivity index (χ1) is 11.1. The maximum atomic E-state index is 14.2. The van der Waals surface area contributed by atoms with Gasteiger partial charge in [-0.3, -0.25) is 0 Å². The summed E-state index contributed by atoms with van der Waals surface area (Å²) in [6, 6.07) is 11.9. The summed E-state index contributed by atoms with van der Waals surface area (Å²) in [5, 5.41) is 10.1. The van der Waals surface area contributed by atoms with Gasteiger partial charge in [0.1, 0.15) is 11.6 Å². The predicted octanol–water partition coefficient (Wildman–Crippen LogP) is 2.69. The molecule has 114 valence electrons. The van der Waals surface area contributed by atoms with E-state index in [2.05, 4.69) is 4.98 Å². The molecule has 6 heteroatoms. The van der Waals surface area contributed by atoms with Crippen LogP contribution in [-0.2, 0) is 11.3 Å². The van der Waals surface area contributed by atoms with Gasteiger partial charge in [0.15, 0.2) is 0 Å². The maximum absolute atomic E-state index is 14.2. The quantitative estimate of drug-likeness (QED) is 0.740. The minimum Gasteiger partial charge on any atom is -0.439 e. The van der Waals surface area contributed by atoms with Crippen LogP contribution < -0.4 is 10.2 Å². The van der Waals surface area contributed by atoms with Crippen LogP contribution in [0.25, 0.3) is 10.9 Å². The van der Waals surface area contributed by atoms with Crippen LogP contribution in [0.2, 0.25) is 0 Å². The van der Waals surface area contributed by atoms with Gasteiger partial charge in [-0.25, -0.2) is 9.37 Å². The van der Waals surface area contributed by atoms with Gasteiger partial charge in [-0.1, -0.05) is 17.7 Å². The van der Waals surface area contributed by atoms with Crippen LogP contribution in [0.4, 0.5) is 4.39 Å². The van der Waals surface area contributed by atoms with Gasteiger partial charge in [-0.2, -0.15) is 0 Å². The Bertz CT molecular complexity index is 916. The van der Waals surface area contributed by atoms with Crippen molar-refractivity contribution in [3.8, 4) is 11.6 Å². The minimum atomic E-state index is -0.890. The molecule has 0 bridgehead atoms. The average Bonchev–Trinajstić information content (AvgIpc) is 2.89. The Morgan fingerprint density at radius 2 is 2.09 bits per heavy atom. The minimum absolute atomic E-state index is 0.193. The molecule has 0 fully saturated rings. The molecule has 0 spiro atoms. The summed E-state index contributed by atoms with van der Waals surface area (Å²) in [6.07, 6.45) is 0. The van der Waals surface area contributed by atoms with Crippen LogP contribution in [0.15, 0.2) is 42.5 Å². The van der Waals surface area contributed by atoms with Crippen molar-refractivity contribution < 1.29 is 18.8 Å². The zero-order valence-electron chi connectivity index (χ0n) is 12.4. The van der Waals surface area contributed by atoms with Crippen LogP contribution >= 0.6 is 0 Å². The second-order valence-corrected chi connectivity index (χ2v) is 5.59. The highest BCUT2D eigenvalue weighted by Crippen LogP contribution is 2.26. The van der Waals surface area contributed by atoms with Gasteiger partial charge in [0, 0.05) is 11.5 Å². The molecular weight excluding hydrogens is 296 g/mol. The number of aryl methyl sites for hydroxylation is 1. The van der Waals surface area contributed by atoms with Crippen LogP contribution in [0, 0.1) is 12.7 Å². The van der Waals surface area contributed by atoms with E-state index in [0.717, 1.165) is 16.6 Å². The number of ether oxygens (including phenoxy) is 1. The molecule has 0 aliphatic carbocycles. The topological polar surface area (TPSA) is 51.6 Å². The van der Waals surface area contributed by atoms with E-state index >= 15 is 0 Å². The van der Waals surface area contributed by atoms with Crippen molar-refractivity contribution >= 4 is 23.5 Å². The van der Waals surface area contributed by atoms with E-state index in [9.17, 15) is 9.41 Å². The lowest BCUT2D eigenvalue weighted by molar-refractivity contribution is 0.275. The molecule has 0 saturated carbocycles. The largest absolute Gasteiger partial charge is 0.491 e. The highest BCUT2D eigenvalue weighted by Gasteiger charge is 2.27. The normalized spacial score (nSPS) is 13.4. The second-order valence-electron chi connectivity index (χ2n) is 5.59. The fourth-order valence-corrected chi connectivity index (χ4v) is 2.72. The van der Waals surface area contributed by atoms with Gasteiger partial charge in [0.05, 0.1) is 12.1 Å². The van der Waals surface area contributed by atoms with Crippen LogP contribution in [0.3, 0.4) is 0 Å². The lowest BCUT2D eigenvalue weighted by atomic mass is 9.80. The monoisotopic (exact) mass is 309 g/mol. The van der Waals surface area contributed by atoms with E-state index in [1.165, 1.54) is 6.07 Å². The van der Waals surface area contributed by atoms with Gasteiger partial charge < -0.3 is 14.4 Å². The molecule has 2 aromatic carbocycles. The summed E-state index contributed by atoms with van der Waals surface area (Å²) in [7, 11) is -0.890. The Labute approximate surface area is 132 Å². The fraction of sp³-hybridized carbons (Fsp3) is 0.118. The third-order valence-electron chi connectivity index (χ3n) is 3.89. The third-order valence-corrected chi connectivity index (χ3v) is 3.89. The van der Waals surface area contributed by atoms with Crippen LogP contribution in [-0.4, -0.2) is 17.1 Å². The zero-order valence-corrected chi connectivity index (χ0v) is 12.4. The SMILES string of the molecule is Cc1ccc2nc(Oc3ccc4c(c3)COB4O)cc(F)c2c1.